The van der Waals surface area contributed by atoms with Crippen LogP contribution in [0, 0.1) is 0 Å². The van der Waals surface area contributed by atoms with E-state index in [1.807, 2.05) is 59.3 Å². The van der Waals surface area contributed by atoms with Gasteiger partial charge >= 0.3 is 0 Å². The molecule has 0 unspecified atom stereocenters. The first-order valence-electron chi connectivity index (χ1n) is 10.8. The second kappa shape index (κ2) is 10.2. The third kappa shape index (κ3) is 4.64. The van der Waals surface area contributed by atoms with Gasteiger partial charge in [0.05, 0.1) is 53.5 Å². The van der Waals surface area contributed by atoms with Crippen LogP contribution in [0.1, 0.15) is 5.56 Å². The molecule has 4 aromatic rings. The molecule has 7 heteroatoms. The monoisotopic (exact) mass is 460 g/mol. The highest BCUT2D eigenvalue weighted by Gasteiger charge is 2.16. The Bertz CT molecular complexity index is 1280. The van der Waals surface area contributed by atoms with Gasteiger partial charge in [-0.15, -0.1) is 0 Å². The molecule has 1 aromatic heterocycles. The molecular formula is C27H28N2O5. The van der Waals surface area contributed by atoms with E-state index >= 15 is 0 Å². The first-order chi connectivity index (χ1) is 16.6. The van der Waals surface area contributed by atoms with E-state index in [-0.39, 0.29) is 0 Å². The highest BCUT2D eigenvalue weighted by atomic mass is 16.5. The van der Waals surface area contributed by atoms with Crippen LogP contribution in [0.15, 0.2) is 66.7 Å². The standard InChI is InChI=1S/C27H28N2O5/c1-30-21-8-6-7-18(13-21)17-29-23(20-10-12-25(32-3)27(15-20)34-5)16-22(28-29)19-9-11-24(31-2)26(14-19)33-4/h6-16H,17H2,1-5H3. The fourth-order valence-electron chi connectivity index (χ4n) is 3.85. The predicted octanol–water partition coefficient (Wildman–Crippen LogP) is 5.31. The topological polar surface area (TPSA) is 64.0 Å². The number of benzene rings is 3. The van der Waals surface area contributed by atoms with E-state index in [1.54, 1.807) is 35.5 Å². The SMILES string of the molecule is COc1cccc(Cn2nc(-c3ccc(OC)c(OC)c3)cc2-c2ccc(OC)c(OC)c2)c1. The van der Waals surface area contributed by atoms with Gasteiger partial charge < -0.3 is 23.7 Å². The van der Waals surface area contributed by atoms with Crippen LogP contribution < -0.4 is 23.7 Å². The average molecular weight is 461 g/mol. The Hall–Kier alpha value is -4.13. The molecule has 0 saturated carbocycles. The lowest BCUT2D eigenvalue weighted by atomic mass is 10.1. The maximum Gasteiger partial charge on any atom is 0.161 e. The Morgan fingerprint density at radius 2 is 1.24 bits per heavy atom. The van der Waals surface area contributed by atoms with Crippen molar-refractivity contribution in [2.45, 2.75) is 6.54 Å². The highest BCUT2D eigenvalue weighted by molar-refractivity contribution is 5.72. The van der Waals surface area contributed by atoms with Crippen molar-refractivity contribution in [3.8, 4) is 51.3 Å². The van der Waals surface area contributed by atoms with E-state index < -0.39 is 0 Å². The van der Waals surface area contributed by atoms with Crippen molar-refractivity contribution in [1.82, 2.24) is 9.78 Å². The van der Waals surface area contributed by atoms with Gasteiger partial charge in [-0.2, -0.15) is 5.10 Å². The quantitative estimate of drug-likeness (QED) is 0.337. The third-order valence-corrected chi connectivity index (χ3v) is 5.61. The predicted molar refractivity (Wildman–Crippen MR) is 131 cm³/mol. The largest absolute Gasteiger partial charge is 0.497 e. The van der Waals surface area contributed by atoms with Crippen LogP contribution in [0.4, 0.5) is 0 Å². The van der Waals surface area contributed by atoms with Gasteiger partial charge in [0, 0.05) is 11.1 Å². The molecule has 7 nitrogen and oxygen atoms in total. The number of hydrogen-bond acceptors (Lipinski definition) is 6. The van der Waals surface area contributed by atoms with Crippen LogP contribution >= 0.6 is 0 Å². The Labute approximate surface area is 199 Å². The van der Waals surface area contributed by atoms with Gasteiger partial charge in [0.1, 0.15) is 5.75 Å². The smallest absolute Gasteiger partial charge is 0.161 e. The summed E-state index contributed by atoms with van der Waals surface area (Å²) in [5.74, 6) is 3.45. The van der Waals surface area contributed by atoms with Gasteiger partial charge in [-0.05, 0) is 60.2 Å². The summed E-state index contributed by atoms with van der Waals surface area (Å²) in [6.45, 7) is 0.564. The van der Waals surface area contributed by atoms with Gasteiger partial charge in [0.15, 0.2) is 23.0 Å². The molecule has 0 spiro atoms. The van der Waals surface area contributed by atoms with Gasteiger partial charge in [-0.3, -0.25) is 4.68 Å². The highest BCUT2D eigenvalue weighted by Crippen LogP contribution is 2.36. The van der Waals surface area contributed by atoms with Gasteiger partial charge in [-0.25, -0.2) is 0 Å². The molecule has 0 radical (unpaired) electrons. The van der Waals surface area contributed by atoms with E-state index in [9.17, 15) is 0 Å². The van der Waals surface area contributed by atoms with Crippen molar-refractivity contribution < 1.29 is 23.7 Å². The lowest BCUT2D eigenvalue weighted by Gasteiger charge is -2.12. The minimum atomic E-state index is 0.564. The summed E-state index contributed by atoms with van der Waals surface area (Å²) in [5.41, 5.74) is 4.70. The molecule has 0 saturated heterocycles. The molecule has 0 bridgehead atoms. The molecule has 0 N–H and O–H groups in total. The Morgan fingerprint density at radius 3 is 1.85 bits per heavy atom. The molecule has 176 valence electrons. The minimum absolute atomic E-state index is 0.564. The van der Waals surface area contributed by atoms with E-state index in [2.05, 4.69) is 12.1 Å². The van der Waals surface area contributed by atoms with E-state index in [1.165, 1.54) is 0 Å². The normalized spacial score (nSPS) is 10.6. The number of nitrogens with zero attached hydrogens (tertiary/aromatic N) is 2. The Morgan fingerprint density at radius 1 is 0.618 bits per heavy atom. The molecule has 1 heterocycles. The molecular weight excluding hydrogens is 432 g/mol. The summed E-state index contributed by atoms with van der Waals surface area (Å²) in [6, 6.07) is 21.7. The number of rotatable bonds is 9. The first-order valence-corrected chi connectivity index (χ1v) is 10.8. The number of aromatic nitrogens is 2. The second-order valence-electron chi connectivity index (χ2n) is 7.56. The Kier molecular flexibility index (Phi) is 6.92. The van der Waals surface area contributed by atoms with Crippen LogP contribution in [-0.4, -0.2) is 45.3 Å². The summed E-state index contributed by atoms with van der Waals surface area (Å²) in [7, 11) is 8.16. The van der Waals surface area contributed by atoms with Crippen LogP contribution in [0.25, 0.3) is 22.5 Å². The van der Waals surface area contributed by atoms with Crippen molar-refractivity contribution in [1.29, 1.82) is 0 Å². The van der Waals surface area contributed by atoms with Gasteiger partial charge in [0.2, 0.25) is 0 Å². The summed E-state index contributed by atoms with van der Waals surface area (Å²) in [4.78, 5) is 0. The molecule has 0 amide bonds. The molecule has 0 aliphatic carbocycles. The van der Waals surface area contributed by atoms with E-state index in [0.29, 0.717) is 29.5 Å². The van der Waals surface area contributed by atoms with E-state index in [0.717, 1.165) is 33.8 Å². The van der Waals surface area contributed by atoms with Crippen LogP contribution in [0.2, 0.25) is 0 Å². The van der Waals surface area contributed by atoms with Gasteiger partial charge in [0.25, 0.3) is 0 Å². The van der Waals surface area contributed by atoms with Crippen molar-refractivity contribution in [3.05, 3.63) is 72.3 Å². The van der Waals surface area contributed by atoms with Crippen molar-refractivity contribution >= 4 is 0 Å². The van der Waals surface area contributed by atoms with Crippen molar-refractivity contribution in [3.63, 3.8) is 0 Å². The fraction of sp³-hybridized carbons (Fsp3) is 0.222. The molecule has 0 fully saturated rings. The van der Waals surface area contributed by atoms with Crippen molar-refractivity contribution in [2.24, 2.45) is 0 Å². The molecule has 0 aliphatic heterocycles. The number of hydrogen-bond donors (Lipinski definition) is 0. The van der Waals surface area contributed by atoms with Crippen LogP contribution in [0.5, 0.6) is 28.7 Å². The molecule has 3 aromatic carbocycles. The summed E-state index contributed by atoms with van der Waals surface area (Å²) in [6.07, 6.45) is 0. The summed E-state index contributed by atoms with van der Waals surface area (Å²) >= 11 is 0. The number of ether oxygens (including phenoxy) is 5. The molecule has 34 heavy (non-hydrogen) atoms. The van der Waals surface area contributed by atoms with Crippen molar-refractivity contribution in [2.75, 3.05) is 35.5 Å². The minimum Gasteiger partial charge on any atom is -0.497 e. The zero-order chi connectivity index (χ0) is 24.1. The van der Waals surface area contributed by atoms with E-state index in [4.69, 9.17) is 28.8 Å². The molecule has 0 aliphatic rings. The second-order valence-corrected chi connectivity index (χ2v) is 7.56. The van der Waals surface area contributed by atoms with Crippen LogP contribution in [-0.2, 0) is 6.54 Å². The third-order valence-electron chi connectivity index (χ3n) is 5.61. The maximum atomic E-state index is 5.53. The van der Waals surface area contributed by atoms with Gasteiger partial charge in [-0.1, -0.05) is 12.1 Å². The maximum absolute atomic E-state index is 5.53. The zero-order valence-corrected chi connectivity index (χ0v) is 20.0. The van der Waals surface area contributed by atoms with Crippen LogP contribution in [0.3, 0.4) is 0 Å². The summed E-state index contributed by atoms with van der Waals surface area (Å²) < 4.78 is 29.2. The molecule has 0 atom stereocenters. The number of methoxy groups -OCH3 is 5. The zero-order valence-electron chi connectivity index (χ0n) is 20.0. The lowest BCUT2D eigenvalue weighted by Crippen LogP contribution is -2.04. The average Bonchev–Trinajstić information content (AvgIpc) is 3.31. The summed E-state index contributed by atoms with van der Waals surface area (Å²) in [5, 5.41) is 4.94. The molecule has 4 rings (SSSR count). The Balaban J connectivity index is 1.82. The fourth-order valence-corrected chi connectivity index (χ4v) is 3.85. The first kappa shape index (κ1) is 23.0. The lowest BCUT2D eigenvalue weighted by molar-refractivity contribution is 0.355.